The first kappa shape index (κ1) is 67.6. The van der Waals surface area contributed by atoms with Gasteiger partial charge in [-0.3, -0.25) is 4.79 Å². The van der Waals surface area contributed by atoms with Gasteiger partial charge in [-0.2, -0.15) is 0 Å². The van der Waals surface area contributed by atoms with Gasteiger partial charge in [-0.15, -0.1) is 0 Å². The van der Waals surface area contributed by atoms with Crippen molar-refractivity contribution in [1.82, 2.24) is 5.32 Å². The number of hydrogen-bond donors (Lipinski definition) is 3. The molecule has 0 aliphatic heterocycles. The minimum Gasteiger partial charge on any atom is -0.394 e. The van der Waals surface area contributed by atoms with Crippen molar-refractivity contribution in [2.75, 3.05) is 6.61 Å². The molecule has 0 spiro atoms. The first-order chi connectivity index (χ1) is 34.2. The van der Waals surface area contributed by atoms with E-state index in [4.69, 9.17) is 0 Å². The molecule has 0 radical (unpaired) electrons. The van der Waals surface area contributed by atoms with Gasteiger partial charge < -0.3 is 15.5 Å². The molecule has 0 aromatic carbocycles. The second-order valence-electron chi connectivity index (χ2n) is 21.8. The van der Waals surface area contributed by atoms with Crippen molar-refractivity contribution in [2.24, 2.45) is 0 Å². The summed E-state index contributed by atoms with van der Waals surface area (Å²) in [6.07, 6.45) is 83.5. The number of nitrogens with one attached hydrogen (secondary N) is 1. The highest BCUT2D eigenvalue weighted by atomic mass is 16.3. The van der Waals surface area contributed by atoms with Crippen LogP contribution in [0.1, 0.15) is 354 Å². The Kier molecular flexibility index (Phi) is 59.7. The maximum atomic E-state index is 12.5. The number of rotatable bonds is 59. The Morgan fingerprint density at radius 2 is 0.594 bits per heavy atom. The molecule has 0 aromatic heterocycles. The number of allylic oxidation sites excluding steroid dienone is 5. The van der Waals surface area contributed by atoms with E-state index in [1.54, 1.807) is 6.08 Å². The Bertz CT molecular complexity index is 1050. The molecule has 3 N–H and O–H groups in total. The van der Waals surface area contributed by atoms with Crippen molar-refractivity contribution in [3.05, 3.63) is 36.5 Å². The highest BCUT2D eigenvalue weighted by molar-refractivity contribution is 5.76. The Labute approximate surface area is 433 Å². The van der Waals surface area contributed by atoms with Gasteiger partial charge in [-0.05, 0) is 51.4 Å². The number of carbonyl (C=O) groups is 1. The van der Waals surface area contributed by atoms with Crippen LogP contribution in [0.15, 0.2) is 36.5 Å². The number of aliphatic hydroxyl groups excluding tert-OH is 2. The molecular formula is C65H125NO3. The quantitative estimate of drug-likeness (QED) is 0.0420. The molecule has 0 fully saturated rings. The van der Waals surface area contributed by atoms with Crippen molar-refractivity contribution in [3.63, 3.8) is 0 Å². The predicted octanol–water partition coefficient (Wildman–Crippen LogP) is 21.2. The van der Waals surface area contributed by atoms with Gasteiger partial charge in [-0.1, -0.05) is 333 Å². The normalized spacial score (nSPS) is 12.9. The first-order valence-electron chi connectivity index (χ1n) is 31.7. The van der Waals surface area contributed by atoms with Crippen LogP contribution in [0.2, 0.25) is 0 Å². The van der Waals surface area contributed by atoms with Gasteiger partial charge in [0, 0.05) is 6.42 Å². The molecule has 2 unspecified atom stereocenters. The lowest BCUT2D eigenvalue weighted by molar-refractivity contribution is -0.123. The molecule has 69 heavy (non-hydrogen) atoms. The Balaban J connectivity index is 3.36. The van der Waals surface area contributed by atoms with E-state index in [0.717, 1.165) is 32.1 Å². The molecular weight excluding hydrogens is 843 g/mol. The molecule has 0 heterocycles. The molecule has 0 saturated heterocycles. The lowest BCUT2D eigenvalue weighted by Gasteiger charge is -2.20. The fraction of sp³-hybridized carbons (Fsp3) is 0.892. The number of amides is 1. The van der Waals surface area contributed by atoms with Crippen LogP contribution in [-0.4, -0.2) is 34.9 Å². The largest absolute Gasteiger partial charge is 0.394 e. The smallest absolute Gasteiger partial charge is 0.220 e. The molecule has 4 heteroatoms. The summed E-state index contributed by atoms with van der Waals surface area (Å²) >= 11 is 0. The van der Waals surface area contributed by atoms with E-state index in [0.29, 0.717) is 6.42 Å². The third kappa shape index (κ3) is 57.4. The van der Waals surface area contributed by atoms with Crippen molar-refractivity contribution in [2.45, 2.75) is 366 Å². The van der Waals surface area contributed by atoms with E-state index in [9.17, 15) is 15.0 Å². The van der Waals surface area contributed by atoms with Gasteiger partial charge in [0.15, 0.2) is 0 Å². The van der Waals surface area contributed by atoms with Crippen LogP contribution in [0.25, 0.3) is 0 Å². The van der Waals surface area contributed by atoms with Gasteiger partial charge >= 0.3 is 0 Å². The average Bonchev–Trinajstić information content (AvgIpc) is 3.35. The Morgan fingerprint density at radius 1 is 0.348 bits per heavy atom. The second kappa shape index (κ2) is 60.9. The van der Waals surface area contributed by atoms with E-state index in [2.05, 4.69) is 43.5 Å². The Morgan fingerprint density at radius 3 is 0.870 bits per heavy atom. The molecule has 0 aliphatic carbocycles. The molecule has 1 amide bonds. The van der Waals surface area contributed by atoms with Gasteiger partial charge in [0.05, 0.1) is 18.8 Å². The zero-order valence-corrected chi connectivity index (χ0v) is 47.1. The Hall–Kier alpha value is -1.39. The van der Waals surface area contributed by atoms with Crippen LogP contribution < -0.4 is 5.32 Å². The lowest BCUT2D eigenvalue weighted by atomic mass is 10.0. The first-order valence-corrected chi connectivity index (χ1v) is 31.7. The highest BCUT2D eigenvalue weighted by Gasteiger charge is 2.18. The van der Waals surface area contributed by atoms with E-state index in [1.165, 1.54) is 302 Å². The summed E-state index contributed by atoms with van der Waals surface area (Å²) in [6.45, 7) is 4.33. The summed E-state index contributed by atoms with van der Waals surface area (Å²) in [5.74, 6) is -0.0570. The van der Waals surface area contributed by atoms with Crippen molar-refractivity contribution in [1.29, 1.82) is 0 Å². The van der Waals surface area contributed by atoms with Crippen LogP contribution in [0, 0.1) is 0 Å². The van der Waals surface area contributed by atoms with Crippen molar-refractivity contribution in [3.8, 4) is 0 Å². The van der Waals surface area contributed by atoms with Crippen molar-refractivity contribution < 1.29 is 15.0 Å². The summed E-state index contributed by atoms with van der Waals surface area (Å²) in [5.41, 5.74) is 0. The molecule has 0 bridgehead atoms. The standard InChI is InChI=1S/C65H125NO3/c1-3-5-7-9-11-13-15-17-19-21-22-23-24-25-26-27-28-29-30-31-32-33-34-35-36-37-38-39-40-41-42-43-44-45-47-49-51-53-55-57-59-61-65(69)66-63(62-67)64(68)60-58-56-54-52-50-48-46-20-18-16-14-12-10-8-6-4-2/h15,17,21-22,58,60,63-64,67-68H,3-14,16,18-20,23-57,59,61-62H2,1-2H3,(H,66,69)/b17-15-,22-21-,60-58+. The SMILES string of the molecule is CCCCCCC/C=C\C/C=C\CCCCCCCCCCCCCCCCCCCCCCCCCCCCCCCC(=O)NC(CO)C(O)/C=C/CCCCCCCCCCCCCCCC. The minimum absolute atomic E-state index is 0.0570. The zero-order valence-electron chi connectivity index (χ0n) is 47.1. The molecule has 0 aliphatic rings. The van der Waals surface area contributed by atoms with Crippen LogP contribution in [0.5, 0.6) is 0 Å². The summed E-state index contributed by atoms with van der Waals surface area (Å²) in [6, 6.07) is -0.619. The number of unbranched alkanes of at least 4 members (excludes halogenated alkanes) is 48. The van der Waals surface area contributed by atoms with Crippen LogP contribution in [0.4, 0.5) is 0 Å². The highest BCUT2D eigenvalue weighted by Crippen LogP contribution is 2.18. The van der Waals surface area contributed by atoms with Gasteiger partial charge in [0.2, 0.25) is 5.91 Å². The zero-order chi connectivity index (χ0) is 49.9. The van der Waals surface area contributed by atoms with E-state index >= 15 is 0 Å². The summed E-state index contributed by atoms with van der Waals surface area (Å²) in [4.78, 5) is 12.5. The maximum Gasteiger partial charge on any atom is 0.220 e. The summed E-state index contributed by atoms with van der Waals surface area (Å²) < 4.78 is 0. The molecule has 0 rings (SSSR count). The molecule has 4 nitrogen and oxygen atoms in total. The van der Waals surface area contributed by atoms with Gasteiger partial charge in [-0.25, -0.2) is 0 Å². The monoisotopic (exact) mass is 968 g/mol. The predicted molar refractivity (Wildman–Crippen MR) is 308 cm³/mol. The van der Waals surface area contributed by atoms with Gasteiger partial charge in [0.1, 0.15) is 0 Å². The molecule has 2 atom stereocenters. The minimum atomic E-state index is -0.837. The summed E-state index contributed by atoms with van der Waals surface area (Å²) in [7, 11) is 0. The number of aliphatic hydroxyl groups is 2. The van der Waals surface area contributed by atoms with E-state index < -0.39 is 12.1 Å². The van der Waals surface area contributed by atoms with Gasteiger partial charge in [0.25, 0.3) is 0 Å². The lowest BCUT2D eigenvalue weighted by Crippen LogP contribution is -2.45. The van der Waals surface area contributed by atoms with E-state index in [-0.39, 0.29) is 12.5 Å². The van der Waals surface area contributed by atoms with Crippen molar-refractivity contribution >= 4 is 5.91 Å². The second-order valence-corrected chi connectivity index (χ2v) is 21.8. The molecule has 408 valence electrons. The topological polar surface area (TPSA) is 69.6 Å². The average molecular weight is 969 g/mol. The third-order valence-electron chi connectivity index (χ3n) is 14.9. The summed E-state index contributed by atoms with van der Waals surface area (Å²) in [5, 5.41) is 23.2. The molecule has 0 aromatic rings. The maximum absolute atomic E-state index is 12.5. The molecule has 0 saturated carbocycles. The fourth-order valence-electron chi connectivity index (χ4n) is 10.0. The van der Waals surface area contributed by atoms with E-state index in [1.807, 2.05) is 6.08 Å². The third-order valence-corrected chi connectivity index (χ3v) is 14.9. The van der Waals surface area contributed by atoms with Crippen LogP contribution in [0.3, 0.4) is 0 Å². The number of carbonyl (C=O) groups excluding carboxylic acids is 1. The number of hydrogen-bond acceptors (Lipinski definition) is 3. The fourth-order valence-corrected chi connectivity index (χ4v) is 10.0. The van der Waals surface area contributed by atoms with Crippen LogP contribution >= 0.6 is 0 Å². The van der Waals surface area contributed by atoms with Crippen LogP contribution in [-0.2, 0) is 4.79 Å².